The highest BCUT2D eigenvalue weighted by Gasteiger charge is 2.22. The molecule has 2 rings (SSSR count). The number of allylic oxidation sites excluding steroid dienone is 7. The number of nitrogens with zero attached hydrogens (tertiary/aromatic N) is 1. The summed E-state index contributed by atoms with van der Waals surface area (Å²) in [5, 5.41) is 3.20. The highest BCUT2D eigenvalue weighted by Crippen LogP contribution is 2.31. The van der Waals surface area contributed by atoms with Crippen LogP contribution in [0.4, 0.5) is 0 Å². The average Bonchev–Trinajstić information content (AvgIpc) is 2.54. The van der Waals surface area contributed by atoms with Gasteiger partial charge < -0.3 is 5.32 Å². The van der Waals surface area contributed by atoms with E-state index in [1.165, 1.54) is 5.57 Å². The summed E-state index contributed by atoms with van der Waals surface area (Å²) in [7, 11) is 0.820. The second-order valence-corrected chi connectivity index (χ2v) is 7.96. The minimum atomic E-state index is -1.10. The van der Waals surface area contributed by atoms with E-state index >= 15 is 0 Å². The molecule has 2 aliphatic rings. The Morgan fingerprint density at radius 3 is 2.96 bits per heavy atom. The van der Waals surface area contributed by atoms with Crippen LogP contribution in [0.2, 0.25) is 0 Å². The van der Waals surface area contributed by atoms with Crippen molar-refractivity contribution in [1.29, 1.82) is 0 Å². The molecule has 23 heavy (non-hydrogen) atoms. The van der Waals surface area contributed by atoms with E-state index in [0.717, 1.165) is 43.8 Å². The first kappa shape index (κ1) is 18.7. The Morgan fingerprint density at radius 1 is 1.39 bits per heavy atom. The standard InChI is InChI=1S/C18H27ClN2OS/c1-3-11-21(12-10-20-2)23(22)18-9-8-16-13-17(19)7-5-4-6-15(16)14-18/h5-9,14,16-17,20H,3-4,10-13H2,1-2H3/b7-5-,15-6-. The fourth-order valence-corrected chi connectivity index (χ4v) is 4.47. The Morgan fingerprint density at radius 2 is 2.22 bits per heavy atom. The van der Waals surface area contributed by atoms with Crippen LogP contribution >= 0.6 is 11.6 Å². The number of rotatable bonds is 7. The van der Waals surface area contributed by atoms with Gasteiger partial charge in [-0.05, 0) is 44.0 Å². The maximum atomic E-state index is 12.9. The molecule has 0 aromatic heterocycles. The van der Waals surface area contributed by atoms with Crippen LogP contribution in [-0.4, -0.2) is 40.6 Å². The maximum absolute atomic E-state index is 12.9. The van der Waals surface area contributed by atoms with Crippen molar-refractivity contribution in [3.63, 3.8) is 0 Å². The molecule has 0 fully saturated rings. The van der Waals surface area contributed by atoms with Crippen molar-refractivity contribution in [2.45, 2.75) is 31.6 Å². The van der Waals surface area contributed by atoms with E-state index in [0.29, 0.717) is 5.92 Å². The minimum absolute atomic E-state index is 0.0704. The molecule has 0 saturated heterocycles. The minimum Gasteiger partial charge on any atom is -0.318 e. The summed E-state index contributed by atoms with van der Waals surface area (Å²) in [5.41, 5.74) is 1.25. The van der Waals surface area contributed by atoms with Crippen molar-refractivity contribution < 1.29 is 4.21 Å². The molecular formula is C18H27ClN2OS. The van der Waals surface area contributed by atoms with Gasteiger partial charge >= 0.3 is 0 Å². The number of hydrogen-bond acceptors (Lipinski definition) is 2. The molecular weight excluding hydrogens is 328 g/mol. The van der Waals surface area contributed by atoms with Crippen LogP contribution < -0.4 is 5.32 Å². The Balaban J connectivity index is 2.14. The number of fused-ring (bicyclic) bond motifs is 1. The zero-order valence-electron chi connectivity index (χ0n) is 14.0. The lowest BCUT2D eigenvalue weighted by Gasteiger charge is -2.25. The van der Waals surface area contributed by atoms with Crippen molar-refractivity contribution >= 4 is 22.6 Å². The summed E-state index contributed by atoms with van der Waals surface area (Å²) in [6.07, 6.45) is 15.5. The first-order valence-electron chi connectivity index (χ1n) is 8.37. The summed E-state index contributed by atoms with van der Waals surface area (Å²) < 4.78 is 15.0. The number of alkyl halides is 1. The summed E-state index contributed by atoms with van der Waals surface area (Å²) in [4.78, 5) is 0.896. The Kier molecular flexibility index (Phi) is 7.77. The quantitative estimate of drug-likeness (QED) is 0.560. The monoisotopic (exact) mass is 354 g/mol. The van der Waals surface area contributed by atoms with Gasteiger partial charge in [0.05, 0.1) is 10.3 Å². The smallest absolute Gasteiger partial charge is 0.127 e. The molecule has 1 N–H and O–H groups in total. The molecule has 0 spiro atoms. The lowest BCUT2D eigenvalue weighted by Crippen LogP contribution is -2.33. The van der Waals surface area contributed by atoms with Crippen LogP contribution in [0.3, 0.4) is 0 Å². The molecule has 0 aromatic carbocycles. The Hall–Kier alpha value is -0.680. The highest BCUT2D eigenvalue weighted by atomic mass is 35.5. The number of nitrogens with one attached hydrogen (secondary N) is 1. The van der Waals surface area contributed by atoms with E-state index in [2.05, 4.69) is 42.6 Å². The predicted octanol–water partition coefficient (Wildman–Crippen LogP) is 3.54. The number of hydrogen-bond donors (Lipinski definition) is 1. The van der Waals surface area contributed by atoms with Crippen molar-refractivity contribution in [2.75, 3.05) is 26.7 Å². The molecule has 0 radical (unpaired) electrons. The molecule has 3 unspecified atom stereocenters. The van der Waals surface area contributed by atoms with Crippen LogP contribution in [0.25, 0.3) is 0 Å². The summed E-state index contributed by atoms with van der Waals surface area (Å²) >= 11 is 6.32. The molecule has 3 nitrogen and oxygen atoms in total. The summed E-state index contributed by atoms with van der Waals surface area (Å²) in [6.45, 7) is 4.59. The van der Waals surface area contributed by atoms with E-state index < -0.39 is 11.0 Å². The lowest BCUT2D eigenvalue weighted by molar-refractivity contribution is 0.443. The van der Waals surface area contributed by atoms with Crippen molar-refractivity contribution in [3.8, 4) is 0 Å². The zero-order valence-corrected chi connectivity index (χ0v) is 15.6. The second-order valence-electron chi connectivity index (χ2n) is 5.91. The van der Waals surface area contributed by atoms with Gasteiger partial charge in [0.15, 0.2) is 0 Å². The lowest BCUT2D eigenvalue weighted by atomic mass is 9.88. The molecule has 3 atom stereocenters. The number of likely N-dealkylation sites (N-methyl/N-ethyl adjacent to an activating group) is 1. The van der Waals surface area contributed by atoms with E-state index in [-0.39, 0.29) is 5.38 Å². The van der Waals surface area contributed by atoms with Crippen LogP contribution in [0.5, 0.6) is 0 Å². The molecule has 0 heterocycles. The van der Waals surface area contributed by atoms with Gasteiger partial charge in [-0.3, -0.25) is 0 Å². The third-order valence-electron chi connectivity index (χ3n) is 4.06. The van der Waals surface area contributed by atoms with Gasteiger partial charge in [-0.15, -0.1) is 11.6 Å². The maximum Gasteiger partial charge on any atom is 0.127 e. The molecule has 0 aromatic rings. The largest absolute Gasteiger partial charge is 0.318 e. The Bertz CT molecular complexity index is 539. The van der Waals surface area contributed by atoms with Crippen molar-refractivity contribution in [1.82, 2.24) is 9.62 Å². The van der Waals surface area contributed by atoms with Gasteiger partial charge in [0.1, 0.15) is 11.0 Å². The van der Waals surface area contributed by atoms with Gasteiger partial charge in [0, 0.05) is 25.6 Å². The molecule has 0 aliphatic heterocycles. The van der Waals surface area contributed by atoms with E-state index in [1.54, 1.807) is 0 Å². The van der Waals surface area contributed by atoms with Crippen molar-refractivity contribution in [3.05, 3.63) is 46.9 Å². The van der Waals surface area contributed by atoms with Crippen LogP contribution in [0, 0.1) is 5.92 Å². The number of halogens is 1. The van der Waals surface area contributed by atoms with Crippen LogP contribution in [0.15, 0.2) is 46.9 Å². The fraction of sp³-hybridized carbons (Fsp3) is 0.556. The van der Waals surface area contributed by atoms with Crippen LogP contribution in [-0.2, 0) is 11.0 Å². The SMILES string of the molecule is CCCN(CCNC)S(=O)C1=C/C2=C/C/C=C\C(Cl)CC2C=C1. The average molecular weight is 355 g/mol. The van der Waals surface area contributed by atoms with Gasteiger partial charge in [-0.2, -0.15) is 0 Å². The van der Waals surface area contributed by atoms with Gasteiger partial charge in [-0.1, -0.05) is 31.2 Å². The normalized spacial score (nSPS) is 29.0. The zero-order chi connectivity index (χ0) is 16.7. The third-order valence-corrected chi connectivity index (χ3v) is 5.88. The van der Waals surface area contributed by atoms with E-state index in [9.17, 15) is 4.21 Å². The van der Waals surface area contributed by atoms with Gasteiger partial charge in [-0.25, -0.2) is 8.51 Å². The Labute approximate surface area is 147 Å². The second kappa shape index (κ2) is 9.58. The molecule has 0 bridgehead atoms. The molecule has 2 aliphatic carbocycles. The molecule has 0 amide bonds. The molecule has 0 saturated carbocycles. The fourth-order valence-electron chi connectivity index (χ4n) is 2.84. The highest BCUT2D eigenvalue weighted by molar-refractivity contribution is 7.86. The van der Waals surface area contributed by atoms with Gasteiger partial charge in [0.25, 0.3) is 0 Å². The first-order valence-corrected chi connectivity index (χ1v) is 9.92. The van der Waals surface area contributed by atoms with E-state index in [4.69, 9.17) is 11.6 Å². The topological polar surface area (TPSA) is 32.3 Å². The third kappa shape index (κ3) is 5.42. The summed E-state index contributed by atoms with van der Waals surface area (Å²) in [5.74, 6) is 0.333. The first-order chi connectivity index (χ1) is 11.2. The van der Waals surface area contributed by atoms with Crippen molar-refractivity contribution in [2.24, 2.45) is 5.92 Å². The molecule has 128 valence electrons. The molecule has 5 heteroatoms. The van der Waals surface area contributed by atoms with E-state index in [1.807, 2.05) is 17.4 Å². The predicted molar refractivity (Wildman–Crippen MR) is 101 cm³/mol. The van der Waals surface area contributed by atoms with Gasteiger partial charge in [0.2, 0.25) is 0 Å². The summed E-state index contributed by atoms with van der Waals surface area (Å²) in [6, 6.07) is 0. The van der Waals surface area contributed by atoms with Crippen LogP contribution in [0.1, 0.15) is 26.2 Å².